The fourth-order valence-corrected chi connectivity index (χ4v) is 3.36. The van der Waals surface area contributed by atoms with Crippen molar-refractivity contribution >= 4 is 35.5 Å². The molecule has 2 aromatic carbocycles. The van der Waals surface area contributed by atoms with Crippen molar-refractivity contribution in [1.82, 2.24) is 0 Å². The van der Waals surface area contributed by atoms with Crippen LogP contribution in [0.15, 0.2) is 46.9 Å². The van der Waals surface area contributed by atoms with E-state index in [9.17, 15) is 14.4 Å². The maximum Gasteiger partial charge on any atom is 0.340 e. The average Bonchev–Trinajstić information content (AvgIpc) is 3.18. The van der Waals surface area contributed by atoms with Crippen molar-refractivity contribution in [2.45, 2.75) is 20.8 Å². The fraction of sp³-hybridized carbons (Fsp3) is 0.174. The number of hydrogen-bond acceptors (Lipinski definition) is 5. The van der Waals surface area contributed by atoms with Gasteiger partial charge in [-0.1, -0.05) is 29.3 Å². The Labute approximate surface area is 178 Å². The Kier molecular flexibility index (Phi) is 6.37. The molecular weight excluding hydrogens is 406 g/mol. The van der Waals surface area contributed by atoms with Crippen LogP contribution in [0.3, 0.4) is 0 Å². The number of benzene rings is 2. The second-order valence-corrected chi connectivity index (χ2v) is 7.32. The molecule has 0 radical (unpaired) electrons. The van der Waals surface area contributed by atoms with Gasteiger partial charge in [-0.05, 0) is 62.2 Å². The Bertz CT molecular complexity index is 1110. The Morgan fingerprint density at radius 3 is 2.40 bits per heavy atom. The van der Waals surface area contributed by atoms with Gasteiger partial charge in [0.05, 0.1) is 10.6 Å². The molecule has 0 atom stereocenters. The van der Waals surface area contributed by atoms with Gasteiger partial charge < -0.3 is 14.5 Å². The monoisotopic (exact) mass is 425 g/mol. The first kappa shape index (κ1) is 21.3. The van der Waals surface area contributed by atoms with E-state index in [1.165, 1.54) is 18.2 Å². The van der Waals surface area contributed by atoms with E-state index in [1.54, 1.807) is 12.1 Å². The van der Waals surface area contributed by atoms with Crippen LogP contribution in [0.1, 0.15) is 37.6 Å². The predicted octanol–water partition coefficient (Wildman–Crippen LogP) is 5.13. The Morgan fingerprint density at radius 1 is 1.07 bits per heavy atom. The molecule has 1 aromatic heterocycles. The molecule has 7 heteroatoms. The molecule has 6 nitrogen and oxygen atoms in total. The summed E-state index contributed by atoms with van der Waals surface area (Å²) in [6.07, 6.45) is 0.588. The van der Waals surface area contributed by atoms with Crippen molar-refractivity contribution in [3.8, 4) is 11.3 Å². The highest BCUT2D eigenvalue weighted by molar-refractivity contribution is 6.33. The first-order valence-corrected chi connectivity index (χ1v) is 9.56. The number of carbonyl (C=O) groups excluding carboxylic acids is 3. The second-order valence-electron chi connectivity index (χ2n) is 6.91. The van der Waals surface area contributed by atoms with Crippen LogP contribution < -0.4 is 5.32 Å². The van der Waals surface area contributed by atoms with E-state index in [0.717, 1.165) is 16.7 Å². The van der Waals surface area contributed by atoms with Crippen molar-refractivity contribution < 1.29 is 23.5 Å². The third kappa shape index (κ3) is 4.78. The number of furan rings is 1. The molecule has 0 aliphatic rings. The fourth-order valence-electron chi connectivity index (χ4n) is 3.17. The van der Waals surface area contributed by atoms with E-state index < -0.39 is 18.5 Å². The predicted molar refractivity (Wildman–Crippen MR) is 114 cm³/mol. The largest absolute Gasteiger partial charge is 0.453 e. The third-order valence-corrected chi connectivity index (χ3v) is 4.82. The summed E-state index contributed by atoms with van der Waals surface area (Å²) in [5.74, 6) is -0.614. The average molecular weight is 426 g/mol. The molecule has 3 rings (SSSR count). The van der Waals surface area contributed by atoms with Gasteiger partial charge in [0.1, 0.15) is 5.76 Å². The molecule has 3 aromatic rings. The summed E-state index contributed by atoms with van der Waals surface area (Å²) in [5.41, 5.74) is 4.29. The molecular formula is C23H20ClNO5. The smallest absolute Gasteiger partial charge is 0.340 e. The van der Waals surface area contributed by atoms with Crippen LogP contribution in [0.5, 0.6) is 0 Å². The van der Waals surface area contributed by atoms with Crippen LogP contribution in [0.2, 0.25) is 5.02 Å². The first-order chi connectivity index (χ1) is 14.3. The summed E-state index contributed by atoms with van der Waals surface area (Å²) in [7, 11) is 0. The summed E-state index contributed by atoms with van der Waals surface area (Å²) in [6.45, 7) is 5.32. The van der Waals surface area contributed by atoms with Crippen LogP contribution in [0, 0.1) is 20.8 Å². The van der Waals surface area contributed by atoms with E-state index in [4.69, 9.17) is 20.8 Å². The first-order valence-electron chi connectivity index (χ1n) is 9.18. The zero-order chi connectivity index (χ0) is 21.8. The Morgan fingerprint density at radius 2 is 1.77 bits per heavy atom. The molecule has 1 N–H and O–H groups in total. The van der Waals surface area contributed by atoms with Gasteiger partial charge in [0, 0.05) is 11.3 Å². The quantitative estimate of drug-likeness (QED) is 0.437. The highest BCUT2D eigenvalue weighted by Crippen LogP contribution is 2.27. The lowest BCUT2D eigenvalue weighted by Gasteiger charge is -2.13. The van der Waals surface area contributed by atoms with Crippen molar-refractivity contribution in [3.63, 3.8) is 0 Å². The number of halogens is 1. The van der Waals surface area contributed by atoms with Gasteiger partial charge in [-0.3, -0.25) is 9.59 Å². The minimum absolute atomic E-state index is 0.0914. The topological polar surface area (TPSA) is 85.6 Å². The highest BCUT2D eigenvalue weighted by atomic mass is 35.5. The normalized spacial score (nSPS) is 10.5. The number of carbonyl (C=O) groups is 3. The van der Waals surface area contributed by atoms with Crippen molar-refractivity contribution in [2.75, 3.05) is 11.9 Å². The Hall–Kier alpha value is -3.38. The number of aryl methyl sites for hydroxylation is 3. The molecule has 0 fully saturated rings. The second kappa shape index (κ2) is 8.97. The molecule has 154 valence electrons. The summed E-state index contributed by atoms with van der Waals surface area (Å²) in [4.78, 5) is 35.5. The van der Waals surface area contributed by atoms with Gasteiger partial charge in [-0.25, -0.2) is 4.79 Å². The van der Waals surface area contributed by atoms with E-state index in [0.29, 0.717) is 23.3 Å². The molecule has 0 bridgehead atoms. The standard InChI is InChI=1S/C23H20ClNO5/c1-13-8-14(2)22(15(3)9-13)25-21(27)12-29-23(28)18-10-16(4-6-19(18)24)20-7-5-17(11-26)30-20/h4-11H,12H2,1-3H3,(H,25,27). The number of ether oxygens (including phenoxy) is 1. The molecule has 0 aliphatic heterocycles. The minimum atomic E-state index is -0.739. The van der Waals surface area contributed by atoms with Crippen LogP contribution >= 0.6 is 11.6 Å². The van der Waals surface area contributed by atoms with Gasteiger partial charge >= 0.3 is 5.97 Å². The molecule has 0 saturated heterocycles. The highest BCUT2D eigenvalue weighted by Gasteiger charge is 2.17. The van der Waals surface area contributed by atoms with E-state index >= 15 is 0 Å². The van der Waals surface area contributed by atoms with Gasteiger partial charge in [0.25, 0.3) is 5.91 Å². The number of esters is 1. The lowest BCUT2D eigenvalue weighted by Crippen LogP contribution is -2.22. The zero-order valence-electron chi connectivity index (χ0n) is 16.7. The number of hydrogen-bond donors (Lipinski definition) is 1. The molecule has 0 aliphatic carbocycles. The van der Waals surface area contributed by atoms with Gasteiger partial charge in [0.2, 0.25) is 0 Å². The van der Waals surface area contributed by atoms with Crippen LogP contribution in [0.4, 0.5) is 5.69 Å². The summed E-state index contributed by atoms with van der Waals surface area (Å²) >= 11 is 6.12. The summed E-state index contributed by atoms with van der Waals surface area (Å²) in [6, 6.07) is 11.7. The molecule has 1 heterocycles. The maximum atomic E-state index is 12.5. The molecule has 0 unspecified atom stereocenters. The number of aldehydes is 1. The van der Waals surface area contributed by atoms with Crippen LogP contribution in [-0.4, -0.2) is 24.8 Å². The molecule has 30 heavy (non-hydrogen) atoms. The zero-order valence-corrected chi connectivity index (χ0v) is 17.5. The lowest BCUT2D eigenvalue weighted by molar-refractivity contribution is -0.119. The molecule has 0 spiro atoms. The van der Waals surface area contributed by atoms with Crippen molar-refractivity contribution in [3.05, 3.63) is 75.5 Å². The summed E-state index contributed by atoms with van der Waals surface area (Å²) in [5, 5.41) is 2.95. The van der Waals surface area contributed by atoms with Gasteiger partial charge in [0.15, 0.2) is 18.7 Å². The van der Waals surface area contributed by atoms with Gasteiger partial charge in [-0.2, -0.15) is 0 Å². The van der Waals surface area contributed by atoms with Crippen molar-refractivity contribution in [2.24, 2.45) is 0 Å². The minimum Gasteiger partial charge on any atom is -0.453 e. The lowest BCUT2D eigenvalue weighted by atomic mass is 10.1. The van der Waals surface area contributed by atoms with E-state index in [-0.39, 0.29) is 16.3 Å². The molecule has 1 amide bonds. The number of rotatable bonds is 6. The van der Waals surface area contributed by atoms with Crippen LogP contribution in [0.25, 0.3) is 11.3 Å². The number of nitrogens with one attached hydrogen (secondary N) is 1. The van der Waals surface area contributed by atoms with Crippen molar-refractivity contribution in [1.29, 1.82) is 0 Å². The summed E-state index contributed by atoms with van der Waals surface area (Å²) < 4.78 is 10.5. The SMILES string of the molecule is Cc1cc(C)c(NC(=O)COC(=O)c2cc(-c3ccc(C=O)o3)ccc2Cl)c(C)c1. The number of anilines is 1. The van der Waals surface area contributed by atoms with E-state index in [2.05, 4.69) is 5.32 Å². The maximum absolute atomic E-state index is 12.5. The Balaban J connectivity index is 1.69. The number of amides is 1. The molecule has 0 saturated carbocycles. The third-order valence-electron chi connectivity index (χ3n) is 4.49. The van der Waals surface area contributed by atoms with E-state index in [1.807, 2.05) is 32.9 Å². The van der Waals surface area contributed by atoms with Gasteiger partial charge in [-0.15, -0.1) is 0 Å². The van der Waals surface area contributed by atoms with Crippen LogP contribution in [-0.2, 0) is 9.53 Å².